The van der Waals surface area contributed by atoms with E-state index in [4.69, 9.17) is 10.1 Å². The van der Waals surface area contributed by atoms with Crippen LogP contribution in [0.3, 0.4) is 0 Å². The van der Waals surface area contributed by atoms with Crippen LogP contribution in [0.25, 0.3) is 10.9 Å². The number of carbonyl (C=O) groups excluding carboxylic acids is 1. The van der Waals surface area contributed by atoms with Gasteiger partial charge in [0.1, 0.15) is 0 Å². The zero-order valence-corrected chi connectivity index (χ0v) is 22.7. The third-order valence-electron chi connectivity index (χ3n) is 6.78. The Labute approximate surface area is 225 Å². The second-order valence-electron chi connectivity index (χ2n) is 9.46. The summed E-state index contributed by atoms with van der Waals surface area (Å²) in [7, 11) is -3.78. The summed E-state index contributed by atoms with van der Waals surface area (Å²) in [6.45, 7) is 4.20. The number of nitrogens with zero attached hydrogens (tertiary/aromatic N) is 3. The molecule has 0 aliphatic carbocycles. The van der Waals surface area contributed by atoms with Crippen molar-refractivity contribution in [3.63, 3.8) is 0 Å². The molecule has 38 heavy (non-hydrogen) atoms. The lowest BCUT2D eigenvalue weighted by atomic mass is 10.1. The van der Waals surface area contributed by atoms with Crippen LogP contribution in [0.2, 0.25) is 0 Å². The molecule has 4 aromatic rings. The van der Waals surface area contributed by atoms with E-state index in [0.29, 0.717) is 29.0 Å². The monoisotopic (exact) mass is 548 g/mol. The summed E-state index contributed by atoms with van der Waals surface area (Å²) in [4.78, 5) is 33.8. The number of aryl methyl sites for hydroxylation is 1. The van der Waals surface area contributed by atoms with Gasteiger partial charge in [-0.25, -0.2) is 18.5 Å². The molecule has 0 bridgehead atoms. The van der Waals surface area contributed by atoms with Gasteiger partial charge < -0.3 is 4.90 Å². The third-order valence-corrected chi connectivity index (χ3v) is 8.78. The van der Waals surface area contributed by atoms with Gasteiger partial charge in [-0.1, -0.05) is 54.2 Å². The van der Waals surface area contributed by atoms with Gasteiger partial charge in [-0.2, -0.15) is 0 Å². The summed E-state index contributed by atoms with van der Waals surface area (Å²) in [5, 5.41) is 5.70. The molecule has 8 nitrogen and oxygen atoms in total. The maximum atomic E-state index is 13.6. The van der Waals surface area contributed by atoms with Crippen molar-refractivity contribution >= 4 is 44.3 Å². The Morgan fingerprint density at radius 1 is 1.08 bits per heavy atom. The van der Waals surface area contributed by atoms with E-state index in [2.05, 4.69) is 6.07 Å². The number of primary sulfonamides is 1. The molecule has 0 unspecified atom stereocenters. The average molecular weight is 549 g/mol. The zero-order chi connectivity index (χ0) is 27.0. The lowest BCUT2D eigenvalue weighted by molar-refractivity contribution is -0.118. The fourth-order valence-electron chi connectivity index (χ4n) is 4.83. The van der Waals surface area contributed by atoms with Crippen molar-refractivity contribution in [3.8, 4) is 0 Å². The molecule has 0 saturated heterocycles. The molecular weight excluding hydrogens is 520 g/mol. The number of nitrogens with two attached hydrogens (primary N) is 1. The minimum absolute atomic E-state index is 0.0278. The van der Waals surface area contributed by atoms with Crippen molar-refractivity contribution in [2.75, 3.05) is 4.90 Å². The number of sulfonamides is 1. The van der Waals surface area contributed by atoms with Gasteiger partial charge in [0.05, 0.1) is 21.0 Å². The molecule has 196 valence electrons. The summed E-state index contributed by atoms with van der Waals surface area (Å²) in [5.41, 5.74) is 3.33. The van der Waals surface area contributed by atoms with Gasteiger partial charge in [0.2, 0.25) is 15.9 Å². The minimum atomic E-state index is -3.78. The highest BCUT2D eigenvalue weighted by Crippen LogP contribution is 2.34. The van der Waals surface area contributed by atoms with E-state index in [1.54, 1.807) is 34.9 Å². The molecule has 0 radical (unpaired) electrons. The van der Waals surface area contributed by atoms with Crippen LogP contribution in [0.1, 0.15) is 25.0 Å². The maximum absolute atomic E-state index is 13.6. The highest BCUT2D eigenvalue weighted by Gasteiger charge is 2.34. The quantitative estimate of drug-likeness (QED) is 0.278. The van der Waals surface area contributed by atoms with Crippen LogP contribution in [0, 0.1) is 0 Å². The average Bonchev–Trinajstić information content (AvgIpc) is 3.23. The van der Waals surface area contributed by atoms with E-state index in [0.717, 1.165) is 23.2 Å². The van der Waals surface area contributed by atoms with Crippen molar-refractivity contribution in [3.05, 3.63) is 94.3 Å². The van der Waals surface area contributed by atoms with Crippen molar-refractivity contribution in [2.45, 2.75) is 54.6 Å². The first kappa shape index (κ1) is 26.1. The fraction of sp³-hybridized carbons (Fsp3) is 0.250. The predicted molar refractivity (Wildman–Crippen MR) is 150 cm³/mol. The number of hydrogen-bond acceptors (Lipinski definition) is 6. The Morgan fingerprint density at radius 2 is 1.76 bits per heavy atom. The number of thioether (sulfide) groups is 1. The molecule has 1 aromatic heterocycles. The first-order chi connectivity index (χ1) is 18.1. The lowest BCUT2D eigenvalue weighted by Crippen LogP contribution is -2.40. The number of carbonyl (C=O) groups is 1. The molecule has 2 N–H and O–H groups in total. The number of rotatable bonds is 7. The Morgan fingerprint density at radius 3 is 2.50 bits per heavy atom. The summed E-state index contributed by atoms with van der Waals surface area (Å²) in [5.74, 6) is -0.0278. The molecule has 1 amide bonds. The number of para-hydroxylation sites is 2. The number of hydrogen-bond donors (Lipinski definition) is 1. The van der Waals surface area contributed by atoms with Crippen LogP contribution in [0.4, 0.5) is 5.69 Å². The molecule has 1 aliphatic heterocycles. The van der Waals surface area contributed by atoms with E-state index in [9.17, 15) is 18.0 Å². The number of fused-ring (bicyclic) bond motifs is 2. The Bertz CT molecular complexity index is 1680. The van der Waals surface area contributed by atoms with Gasteiger partial charge >= 0.3 is 0 Å². The Balaban J connectivity index is 1.44. The molecule has 2 atom stereocenters. The van der Waals surface area contributed by atoms with Crippen LogP contribution in [0.5, 0.6) is 0 Å². The summed E-state index contributed by atoms with van der Waals surface area (Å²) < 4.78 is 24.7. The third kappa shape index (κ3) is 5.11. The van der Waals surface area contributed by atoms with Gasteiger partial charge in [0.25, 0.3) is 5.56 Å². The van der Waals surface area contributed by atoms with Crippen molar-refractivity contribution < 1.29 is 13.2 Å². The number of aromatic nitrogens is 2. The standard InChI is InChI=1S/C28H28N4O4S2/c1-18-17-21-7-3-6-10-25(21)32(18)26(33)19(2)37-28-30-24-9-5-4-8-23(24)27(34)31(28)16-15-20-11-13-22(14-12-20)38(29,35)36/h3-14,18-19H,15-17H2,1-2H3,(H2,29,35,36)/t18-,19-/m0/s1. The van der Waals surface area contributed by atoms with Crippen molar-refractivity contribution in [1.29, 1.82) is 0 Å². The van der Waals surface area contributed by atoms with Crippen LogP contribution < -0.4 is 15.6 Å². The first-order valence-corrected chi connectivity index (χ1v) is 14.7. The van der Waals surface area contributed by atoms with Crippen LogP contribution >= 0.6 is 11.8 Å². The van der Waals surface area contributed by atoms with Gasteiger partial charge in [-0.05, 0) is 68.1 Å². The van der Waals surface area contributed by atoms with E-state index >= 15 is 0 Å². The van der Waals surface area contributed by atoms with Gasteiger partial charge in [-0.3, -0.25) is 14.2 Å². The maximum Gasteiger partial charge on any atom is 0.262 e. The molecule has 0 fully saturated rings. The second kappa shape index (κ2) is 10.4. The topological polar surface area (TPSA) is 115 Å². The van der Waals surface area contributed by atoms with E-state index in [1.165, 1.54) is 23.9 Å². The van der Waals surface area contributed by atoms with E-state index in [-0.39, 0.29) is 22.4 Å². The fourth-order valence-corrected chi connectivity index (χ4v) is 6.33. The Kier molecular flexibility index (Phi) is 7.13. The van der Waals surface area contributed by atoms with Crippen LogP contribution in [-0.2, 0) is 34.2 Å². The highest BCUT2D eigenvalue weighted by molar-refractivity contribution is 8.00. The van der Waals surface area contributed by atoms with Crippen molar-refractivity contribution in [2.24, 2.45) is 5.14 Å². The summed E-state index contributed by atoms with van der Waals surface area (Å²) >= 11 is 1.28. The number of benzene rings is 3. The molecular formula is C28H28N4O4S2. The predicted octanol–water partition coefficient (Wildman–Crippen LogP) is 3.75. The smallest absolute Gasteiger partial charge is 0.262 e. The molecule has 1 aliphatic rings. The normalized spacial score (nSPS) is 16.0. The van der Waals surface area contributed by atoms with Gasteiger partial charge in [0.15, 0.2) is 5.16 Å². The summed E-state index contributed by atoms with van der Waals surface area (Å²) in [6.07, 6.45) is 1.28. The zero-order valence-electron chi connectivity index (χ0n) is 21.1. The molecule has 10 heteroatoms. The first-order valence-electron chi connectivity index (χ1n) is 12.3. The van der Waals surface area contributed by atoms with E-state index < -0.39 is 15.3 Å². The number of amides is 1. The molecule has 3 aromatic carbocycles. The molecule has 0 saturated carbocycles. The lowest BCUT2D eigenvalue weighted by Gasteiger charge is -2.26. The van der Waals surface area contributed by atoms with Gasteiger partial charge in [-0.15, -0.1) is 0 Å². The highest BCUT2D eigenvalue weighted by atomic mass is 32.2. The Hall–Kier alpha value is -3.47. The van der Waals surface area contributed by atoms with E-state index in [1.807, 2.05) is 43.0 Å². The van der Waals surface area contributed by atoms with Crippen molar-refractivity contribution in [1.82, 2.24) is 9.55 Å². The summed E-state index contributed by atoms with van der Waals surface area (Å²) in [6, 6.07) is 21.4. The minimum Gasteiger partial charge on any atom is -0.308 e. The van der Waals surface area contributed by atoms with Gasteiger partial charge in [0, 0.05) is 18.3 Å². The second-order valence-corrected chi connectivity index (χ2v) is 12.3. The largest absolute Gasteiger partial charge is 0.308 e. The van der Waals surface area contributed by atoms with Crippen LogP contribution in [-0.4, -0.2) is 35.2 Å². The van der Waals surface area contributed by atoms with Crippen LogP contribution in [0.15, 0.2) is 87.6 Å². The molecule has 5 rings (SSSR count). The molecule has 0 spiro atoms. The molecule has 2 heterocycles. The SMILES string of the molecule is C[C@H](Sc1nc2ccccc2c(=O)n1CCc1ccc(S(N)(=O)=O)cc1)C(=O)N1c2ccccc2C[C@@H]1C. The number of anilines is 1.